The minimum atomic E-state index is -0.726. The zero-order valence-corrected chi connectivity index (χ0v) is 20.6. The zero-order valence-electron chi connectivity index (χ0n) is 20.6. The van der Waals surface area contributed by atoms with Crippen LogP contribution < -0.4 is 0 Å². The highest BCUT2D eigenvalue weighted by molar-refractivity contribution is 5.66. The number of allylic oxidation sites excluding steroid dienone is 8. The van der Waals surface area contributed by atoms with Gasteiger partial charge in [0.1, 0.15) is 0 Å². The van der Waals surface area contributed by atoms with Crippen LogP contribution >= 0.6 is 0 Å². The number of aliphatic carboxylic acids is 1. The molecule has 1 atom stereocenters. The van der Waals surface area contributed by atoms with E-state index in [2.05, 4.69) is 66.3 Å². The van der Waals surface area contributed by atoms with Gasteiger partial charge in [0.2, 0.25) is 0 Å². The molecule has 0 aliphatic rings. The summed E-state index contributed by atoms with van der Waals surface area (Å²) in [6, 6.07) is 0. The fourth-order valence-electron chi connectivity index (χ4n) is 2.54. The van der Waals surface area contributed by atoms with Gasteiger partial charge in [0.15, 0.2) is 0 Å². The first-order chi connectivity index (χ1) is 13.9. The van der Waals surface area contributed by atoms with E-state index >= 15 is 0 Å². The van der Waals surface area contributed by atoms with E-state index in [-0.39, 0.29) is 6.42 Å². The maximum Gasteiger partial charge on any atom is 0.303 e. The topological polar surface area (TPSA) is 57.5 Å². The summed E-state index contributed by atoms with van der Waals surface area (Å²) in [5.74, 6) is -0.724. The third-order valence-electron chi connectivity index (χ3n) is 4.62. The number of carboxylic acid groups (broad SMARTS) is 1. The summed E-state index contributed by atoms with van der Waals surface area (Å²) in [7, 11) is 0. The Balaban J connectivity index is 0. The van der Waals surface area contributed by atoms with Crippen molar-refractivity contribution in [2.75, 3.05) is 0 Å². The first kappa shape index (κ1) is 30.3. The molecule has 0 bridgehead atoms. The van der Waals surface area contributed by atoms with E-state index in [1.54, 1.807) is 13.0 Å². The van der Waals surface area contributed by atoms with Crippen molar-refractivity contribution in [3.05, 3.63) is 59.3 Å². The fraction of sp³-hybridized carbons (Fsp3) is 0.593. The molecule has 172 valence electrons. The molecule has 0 saturated heterocycles. The first-order valence-corrected chi connectivity index (χ1v) is 11.1. The van der Waals surface area contributed by atoms with Crippen LogP contribution in [0.3, 0.4) is 0 Å². The van der Waals surface area contributed by atoms with Gasteiger partial charge < -0.3 is 10.2 Å². The van der Waals surface area contributed by atoms with E-state index in [0.717, 1.165) is 38.5 Å². The lowest BCUT2D eigenvalue weighted by molar-refractivity contribution is -0.136. The Kier molecular flexibility index (Phi) is 18.1. The van der Waals surface area contributed by atoms with Crippen molar-refractivity contribution in [3.63, 3.8) is 0 Å². The second kappa shape index (κ2) is 17.9. The molecule has 0 radical (unpaired) electrons. The van der Waals surface area contributed by atoms with Crippen molar-refractivity contribution >= 4 is 5.97 Å². The number of hydrogen-bond acceptors (Lipinski definition) is 2. The maximum absolute atomic E-state index is 10.2. The molecule has 2 N–H and O–H groups in total. The molecular formula is C27H46O3. The average Bonchev–Trinajstić information content (AvgIpc) is 2.61. The predicted octanol–water partition coefficient (Wildman–Crippen LogP) is 7.94. The van der Waals surface area contributed by atoms with Gasteiger partial charge in [0.05, 0.1) is 5.60 Å². The van der Waals surface area contributed by atoms with Gasteiger partial charge in [-0.2, -0.15) is 0 Å². The van der Waals surface area contributed by atoms with Gasteiger partial charge in [-0.3, -0.25) is 4.79 Å². The molecule has 0 amide bonds. The highest BCUT2D eigenvalue weighted by Gasteiger charge is 2.13. The minimum Gasteiger partial charge on any atom is -0.481 e. The summed E-state index contributed by atoms with van der Waals surface area (Å²) in [6.07, 6.45) is 17.2. The molecule has 0 aromatic heterocycles. The first-order valence-electron chi connectivity index (χ1n) is 11.1. The van der Waals surface area contributed by atoms with Crippen LogP contribution in [-0.2, 0) is 4.79 Å². The van der Waals surface area contributed by atoms with Crippen molar-refractivity contribution in [2.24, 2.45) is 0 Å². The van der Waals surface area contributed by atoms with Crippen molar-refractivity contribution in [1.29, 1.82) is 0 Å². The van der Waals surface area contributed by atoms with Gasteiger partial charge in [-0.25, -0.2) is 0 Å². The van der Waals surface area contributed by atoms with Gasteiger partial charge in [-0.1, -0.05) is 52.7 Å². The molecule has 1 unspecified atom stereocenters. The van der Waals surface area contributed by atoms with E-state index in [9.17, 15) is 9.90 Å². The van der Waals surface area contributed by atoms with Gasteiger partial charge in [-0.05, 0) is 93.4 Å². The number of rotatable bonds is 13. The van der Waals surface area contributed by atoms with Crippen LogP contribution in [0.5, 0.6) is 0 Å². The smallest absolute Gasteiger partial charge is 0.303 e. The number of hydrogen-bond donors (Lipinski definition) is 2. The van der Waals surface area contributed by atoms with Crippen LogP contribution in [0, 0.1) is 0 Å². The lowest BCUT2D eigenvalue weighted by Crippen LogP contribution is -2.19. The Labute approximate surface area is 186 Å². The van der Waals surface area contributed by atoms with E-state index in [0.29, 0.717) is 6.42 Å². The van der Waals surface area contributed by atoms with E-state index < -0.39 is 11.6 Å². The molecule has 0 rings (SSSR count). The Hall–Kier alpha value is -1.87. The zero-order chi connectivity index (χ0) is 23.6. The van der Waals surface area contributed by atoms with Gasteiger partial charge in [0, 0.05) is 6.42 Å². The molecule has 0 aromatic carbocycles. The quantitative estimate of drug-likeness (QED) is 0.298. The largest absolute Gasteiger partial charge is 0.481 e. The summed E-state index contributed by atoms with van der Waals surface area (Å²) >= 11 is 0. The predicted molar refractivity (Wildman–Crippen MR) is 132 cm³/mol. The normalized spacial score (nSPS) is 13.5. The highest BCUT2D eigenvalue weighted by atomic mass is 16.4. The summed E-state index contributed by atoms with van der Waals surface area (Å²) in [4.78, 5) is 10.2. The summed E-state index contributed by atoms with van der Waals surface area (Å²) in [6.45, 7) is 18.1. The number of aliphatic hydroxyl groups is 1. The fourth-order valence-corrected chi connectivity index (χ4v) is 2.54. The highest BCUT2D eigenvalue weighted by Crippen LogP contribution is 2.15. The van der Waals surface area contributed by atoms with Crippen molar-refractivity contribution in [2.45, 2.75) is 105 Å². The van der Waals surface area contributed by atoms with Crippen molar-refractivity contribution in [1.82, 2.24) is 0 Å². The molecule has 0 aliphatic carbocycles. The molecule has 30 heavy (non-hydrogen) atoms. The summed E-state index contributed by atoms with van der Waals surface area (Å²) < 4.78 is 0. The minimum absolute atomic E-state index is 0.236. The molecular weight excluding hydrogens is 372 g/mol. The van der Waals surface area contributed by atoms with Crippen LogP contribution in [-0.4, -0.2) is 21.8 Å². The van der Waals surface area contributed by atoms with Crippen LogP contribution in [0.2, 0.25) is 0 Å². The summed E-state index contributed by atoms with van der Waals surface area (Å²) in [5, 5.41) is 18.2. The lowest BCUT2D eigenvalue weighted by atomic mass is 9.99. The van der Waals surface area contributed by atoms with Gasteiger partial charge >= 0.3 is 5.97 Å². The van der Waals surface area contributed by atoms with Gasteiger partial charge in [0.25, 0.3) is 0 Å². The van der Waals surface area contributed by atoms with E-state index in [4.69, 9.17) is 5.11 Å². The SMILES string of the molecule is C=CC(C)(O)CCC=C(C)CCC=C(C)C.CC(C)=CCC/C(C)=C\CCC(=O)O. The van der Waals surface area contributed by atoms with Crippen molar-refractivity contribution < 1.29 is 15.0 Å². The monoisotopic (exact) mass is 418 g/mol. The molecule has 0 spiro atoms. The Morgan fingerprint density at radius 1 is 0.767 bits per heavy atom. The molecule has 0 heterocycles. The average molecular weight is 419 g/mol. The number of carboxylic acids is 1. The number of carbonyl (C=O) groups is 1. The van der Waals surface area contributed by atoms with Crippen LogP contribution in [0.15, 0.2) is 59.3 Å². The summed E-state index contributed by atoms with van der Waals surface area (Å²) in [5.41, 5.74) is 4.67. The Morgan fingerprint density at radius 3 is 1.53 bits per heavy atom. The second-order valence-corrected chi connectivity index (χ2v) is 8.77. The van der Waals surface area contributed by atoms with Gasteiger partial charge in [-0.15, -0.1) is 6.58 Å². The second-order valence-electron chi connectivity index (χ2n) is 8.77. The Morgan fingerprint density at radius 2 is 1.17 bits per heavy atom. The van der Waals surface area contributed by atoms with Crippen LogP contribution in [0.1, 0.15) is 99.8 Å². The molecule has 3 nitrogen and oxygen atoms in total. The van der Waals surface area contributed by atoms with Crippen LogP contribution in [0.4, 0.5) is 0 Å². The molecule has 0 aromatic rings. The van der Waals surface area contributed by atoms with Crippen LogP contribution in [0.25, 0.3) is 0 Å². The van der Waals surface area contributed by atoms with E-state index in [1.807, 2.05) is 6.08 Å². The Bertz CT molecular complexity index is 608. The third-order valence-corrected chi connectivity index (χ3v) is 4.62. The van der Waals surface area contributed by atoms with E-state index in [1.165, 1.54) is 22.3 Å². The maximum atomic E-state index is 10.2. The molecule has 3 heteroatoms. The standard InChI is InChI=1S/C15H26O.C12H20O2/c1-6-15(5,16)12-8-11-14(4)10-7-9-13(2)3;1-10(2)6-4-7-11(3)8-5-9-12(13)14/h6,9,11,16H,1,7-8,10,12H2,2-5H3;6,8H,4-5,7,9H2,1-3H3,(H,13,14)/b;11-8-. The lowest BCUT2D eigenvalue weighted by Gasteiger charge is -2.16. The third kappa shape index (κ3) is 24.2. The molecule has 0 saturated carbocycles. The molecule has 0 fully saturated rings. The van der Waals surface area contributed by atoms with Crippen molar-refractivity contribution in [3.8, 4) is 0 Å². The molecule has 0 aliphatic heterocycles.